The Labute approximate surface area is 130 Å². The van der Waals surface area contributed by atoms with E-state index in [-0.39, 0.29) is 0 Å². The normalized spacial score (nSPS) is 11.1. The van der Waals surface area contributed by atoms with Gasteiger partial charge in [-0.05, 0) is 42.0 Å². The smallest absolute Gasteiger partial charge is 0.216 e. The van der Waals surface area contributed by atoms with Crippen molar-refractivity contribution in [3.05, 3.63) is 64.1 Å². The van der Waals surface area contributed by atoms with Crippen molar-refractivity contribution in [3.8, 4) is 11.4 Å². The second-order valence-corrected chi connectivity index (χ2v) is 5.03. The lowest BCUT2D eigenvalue weighted by atomic mass is 10.2. The zero-order chi connectivity index (χ0) is 14.7. The van der Waals surface area contributed by atoms with Gasteiger partial charge in [0.1, 0.15) is 0 Å². The first-order valence-corrected chi connectivity index (χ1v) is 6.90. The van der Waals surface area contributed by atoms with Gasteiger partial charge in [0.2, 0.25) is 4.77 Å². The maximum absolute atomic E-state index is 5.95. The number of aromatic amines is 1. The minimum absolute atomic E-state index is 0.409. The molecule has 2 heterocycles. The van der Waals surface area contributed by atoms with Crippen LogP contribution in [0, 0.1) is 4.77 Å². The van der Waals surface area contributed by atoms with Crippen LogP contribution in [0.5, 0.6) is 0 Å². The maximum atomic E-state index is 5.95. The summed E-state index contributed by atoms with van der Waals surface area (Å²) in [5, 5.41) is 11.9. The van der Waals surface area contributed by atoms with Crippen molar-refractivity contribution in [1.29, 1.82) is 0 Å². The van der Waals surface area contributed by atoms with E-state index in [4.69, 9.17) is 23.8 Å². The van der Waals surface area contributed by atoms with Crippen LogP contribution in [0.4, 0.5) is 0 Å². The van der Waals surface area contributed by atoms with E-state index in [0.717, 1.165) is 11.1 Å². The molecule has 3 rings (SSSR count). The predicted molar refractivity (Wildman–Crippen MR) is 85.1 cm³/mol. The summed E-state index contributed by atoms with van der Waals surface area (Å²) in [6.45, 7) is 0. The van der Waals surface area contributed by atoms with Crippen molar-refractivity contribution < 1.29 is 0 Å². The summed E-state index contributed by atoms with van der Waals surface area (Å²) in [4.78, 5) is 4.07. The van der Waals surface area contributed by atoms with Crippen molar-refractivity contribution in [3.63, 3.8) is 0 Å². The van der Waals surface area contributed by atoms with Gasteiger partial charge < -0.3 is 0 Å². The highest BCUT2D eigenvalue weighted by Crippen LogP contribution is 2.15. The Bertz CT molecular complexity index is 838. The van der Waals surface area contributed by atoms with Gasteiger partial charge in [-0.25, -0.2) is 5.10 Å². The predicted octanol–water partition coefficient (Wildman–Crippen LogP) is 3.54. The Morgan fingerprint density at radius 3 is 2.95 bits per heavy atom. The monoisotopic (exact) mass is 315 g/mol. The molecule has 0 aliphatic heterocycles. The number of nitrogens with one attached hydrogen (secondary N) is 1. The lowest BCUT2D eigenvalue weighted by Gasteiger charge is -2.00. The van der Waals surface area contributed by atoms with Crippen molar-refractivity contribution in [2.24, 2.45) is 5.10 Å². The van der Waals surface area contributed by atoms with Gasteiger partial charge in [-0.3, -0.25) is 4.98 Å². The first-order valence-electron chi connectivity index (χ1n) is 6.12. The first kappa shape index (κ1) is 13.7. The van der Waals surface area contributed by atoms with Gasteiger partial charge in [0.05, 0.1) is 6.21 Å². The third kappa shape index (κ3) is 3.07. The van der Waals surface area contributed by atoms with E-state index in [9.17, 15) is 0 Å². The summed E-state index contributed by atoms with van der Waals surface area (Å²) in [6.07, 6.45) is 5.08. The molecule has 0 fully saturated rings. The Hall–Kier alpha value is -2.31. The van der Waals surface area contributed by atoms with Crippen molar-refractivity contribution in [2.45, 2.75) is 0 Å². The number of rotatable bonds is 3. The summed E-state index contributed by atoms with van der Waals surface area (Å²) in [6, 6.07) is 11.1. The fourth-order valence-corrected chi connectivity index (χ4v) is 2.17. The molecule has 5 nitrogen and oxygen atoms in total. The number of hydrogen-bond acceptors (Lipinski definition) is 4. The molecule has 21 heavy (non-hydrogen) atoms. The van der Waals surface area contributed by atoms with Crippen molar-refractivity contribution in [1.82, 2.24) is 19.9 Å². The van der Waals surface area contributed by atoms with Crippen LogP contribution in [0.1, 0.15) is 5.56 Å². The molecule has 0 bridgehead atoms. The largest absolute Gasteiger partial charge is 0.264 e. The molecule has 0 aliphatic rings. The molecule has 0 radical (unpaired) electrons. The highest BCUT2D eigenvalue weighted by Gasteiger charge is 2.07. The summed E-state index contributed by atoms with van der Waals surface area (Å²) in [5.74, 6) is 0.603. The highest BCUT2D eigenvalue weighted by atomic mass is 35.5. The molecule has 0 aliphatic carbocycles. The first-order chi connectivity index (χ1) is 10.2. The summed E-state index contributed by atoms with van der Waals surface area (Å²) in [7, 11) is 0. The fraction of sp³-hybridized carbons (Fsp3) is 0. The second kappa shape index (κ2) is 5.99. The average molecular weight is 316 g/mol. The number of H-pyrrole nitrogens is 1. The molecular formula is C14H10ClN5S. The van der Waals surface area contributed by atoms with Crippen LogP contribution in [0.25, 0.3) is 11.4 Å². The van der Waals surface area contributed by atoms with E-state index >= 15 is 0 Å². The molecule has 2 aromatic heterocycles. The number of benzene rings is 1. The van der Waals surface area contributed by atoms with Gasteiger partial charge >= 0.3 is 0 Å². The lowest BCUT2D eigenvalue weighted by Crippen LogP contribution is -1.95. The van der Waals surface area contributed by atoms with E-state index < -0.39 is 0 Å². The van der Waals surface area contributed by atoms with E-state index in [1.54, 1.807) is 23.3 Å². The minimum Gasteiger partial charge on any atom is -0.264 e. The van der Waals surface area contributed by atoms with Crippen LogP contribution in [0.2, 0.25) is 5.02 Å². The van der Waals surface area contributed by atoms with E-state index in [2.05, 4.69) is 20.3 Å². The maximum Gasteiger partial charge on any atom is 0.216 e. The number of aromatic nitrogens is 4. The molecule has 104 valence electrons. The molecule has 7 heteroatoms. The Balaban J connectivity index is 2.00. The van der Waals surface area contributed by atoms with Crippen LogP contribution < -0.4 is 0 Å². The number of hydrogen-bond donors (Lipinski definition) is 1. The molecule has 0 atom stereocenters. The van der Waals surface area contributed by atoms with Gasteiger partial charge in [0, 0.05) is 23.0 Å². The van der Waals surface area contributed by atoms with Gasteiger partial charge in [0.25, 0.3) is 0 Å². The summed E-state index contributed by atoms with van der Waals surface area (Å²) >= 11 is 11.1. The quantitative estimate of drug-likeness (QED) is 0.594. The third-order valence-electron chi connectivity index (χ3n) is 2.74. The van der Waals surface area contributed by atoms with E-state index in [1.165, 1.54) is 0 Å². The lowest BCUT2D eigenvalue weighted by molar-refractivity contribution is 0.871. The molecule has 3 aromatic rings. The van der Waals surface area contributed by atoms with E-state index in [0.29, 0.717) is 15.6 Å². The second-order valence-electron chi connectivity index (χ2n) is 4.21. The minimum atomic E-state index is 0.409. The topological polar surface area (TPSA) is 58.9 Å². The Kier molecular flexibility index (Phi) is 3.89. The van der Waals surface area contributed by atoms with Crippen LogP contribution in [-0.4, -0.2) is 26.1 Å². The van der Waals surface area contributed by atoms with Crippen molar-refractivity contribution in [2.75, 3.05) is 0 Å². The molecular weight excluding hydrogens is 306 g/mol. The zero-order valence-corrected chi connectivity index (χ0v) is 12.3. The number of nitrogens with zero attached hydrogens (tertiary/aromatic N) is 4. The van der Waals surface area contributed by atoms with Gasteiger partial charge in [-0.15, -0.1) is 0 Å². The highest BCUT2D eigenvalue weighted by molar-refractivity contribution is 7.71. The Morgan fingerprint density at radius 1 is 1.29 bits per heavy atom. The fourth-order valence-electron chi connectivity index (χ4n) is 1.79. The third-order valence-corrected chi connectivity index (χ3v) is 3.24. The molecule has 1 aromatic carbocycles. The average Bonchev–Trinajstić information content (AvgIpc) is 2.87. The molecule has 0 spiro atoms. The van der Waals surface area contributed by atoms with Gasteiger partial charge in [0.15, 0.2) is 5.82 Å². The molecule has 0 unspecified atom stereocenters. The molecule has 0 saturated heterocycles. The molecule has 0 saturated carbocycles. The van der Waals surface area contributed by atoms with Gasteiger partial charge in [-0.2, -0.15) is 14.9 Å². The summed E-state index contributed by atoms with van der Waals surface area (Å²) in [5.41, 5.74) is 1.70. The SMILES string of the molecule is S=c1[nH]nc(-c2cccnc2)n1/N=C/c1cccc(Cl)c1. The van der Waals surface area contributed by atoms with Gasteiger partial charge in [-0.1, -0.05) is 23.7 Å². The van der Waals surface area contributed by atoms with Crippen LogP contribution in [-0.2, 0) is 0 Å². The van der Waals surface area contributed by atoms with Crippen LogP contribution in [0.3, 0.4) is 0 Å². The van der Waals surface area contributed by atoms with E-state index in [1.807, 2.05) is 36.4 Å². The summed E-state index contributed by atoms with van der Waals surface area (Å²) < 4.78 is 1.96. The molecule has 1 N–H and O–H groups in total. The number of halogens is 1. The standard InChI is InChI=1S/C14H10ClN5S/c15-12-5-1-3-10(7-12)8-17-20-13(18-19-14(20)21)11-4-2-6-16-9-11/h1-9H,(H,19,21)/b17-8+. The Morgan fingerprint density at radius 2 is 2.19 bits per heavy atom. The van der Waals surface area contributed by atoms with Crippen LogP contribution >= 0.6 is 23.8 Å². The zero-order valence-electron chi connectivity index (χ0n) is 10.8. The molecule has 0 amide bonds. The van der Waals surface area contributed by atoms with Crippen LogP contribution in [0.15, 0.2) is 53.9 Å². The van der Waals surface area contributed by atoms with Crippen molar-refractivity contribution >= 4 is 30.0 Å². The number of pyridine rings is 1.